The second kappa shape index (κ2) is 8.16. The van der Waals surface area contributed by atoms with Crippen molar-refractivity contribution in [3.05, 3.63) is 35.1 Å². The quantitative estimate of drug-likeness (QED) is 0.756. The molecule has 2 atom stereocenters. The summed E-state index contributed by atoms with van der Waals surface area (Å²) in [5.41, 5.74) is 1.02. The molecule has 6 heteroatoms. The minimum Gasteiger partial charge on any atom is -0.469 e. The standard InChI is InChI=1S/C20H26FNO4/c1-26-20(25)12-15-11-14(8-9-16(15)21)17(10-7-13-5-6-13)22-18(23)3-2-4-19(22)24/h8-9,11,13,17-18,23H,2-7,10,12H2,1H3. The number of likely N-dealkylation sites (tertiary alicyclic amines) is 1. The van der Waals surface area contributed by atoms with Gasteiger partial charge >= 0.3 is 5.97 Å². The number of aliphatic hydroxyl groups is 1. The van der Waals surface area contributed by atoms with Crippen molar-refractivity contribution in [1.82, 2.24) is 4.90 Å². The SMILES string of the molecule is COC(=O)Cc1cc(C(CCC2CC2)N2C(=O)CCCC2O)ccc1F. The number of halogens is 1. The number of hydrogen-bond acceptors (Lipinski definition) is 4. The minimum absolute atomic E-state index is 0.0663. The Balaban J connectivity index is 1.88. The molecule has 1 aliphatic carbocycles. The van der Waals surface area contributed by atoms with Gasteiger partial charge < -0.3 is 14.7 Å². The number of amides is 1. The fourth-order valence-electron chi connectivity index (χ4n) is 3.68. The van der Waals surface area contributed by atoms with Gasteiger partial charge in [-0.15, -0.1) is 0 Å². The summed E-state index contributed by atoms with van der Waals surface area (Å²) in [5, 5.41) is 10.4. The van der Waals surface area contributed by atoms with Crippen molar-refractivity contribution in [2.45, 2.75) is 63.6 Å². The van der Waals surface area contributed by atoms with E-state index >= 15 is 0 Å². The van der Waals surface area contributed by atoms with Gasteiger partial charge in [0.05, 0.1) is 19.6 Å². The summed E-state index contributed by atoms with van der Waals surface area (Å²) in [6, 6.07) is 4.33. The molecule has 1 aromatic rings. The summed E-state index contributed by atoms with van der Waals surface area (Å²) in [5.74, 6) is -0.358. The molecule has 5 nitrogen and oxygen atoms in total. The van der Waals surface area contributed by atoms with Crippen molar-refractivity contribution < 1.29 is 23.8 Å². The van der Waals surface area contributed by atoms with Crippen LogP contribution in [0.3, 0.4) is 0 Å². The number of ether oxygens (including phenoxy) is 1. The fourth-order valence-corrected chi connectivity index (χ4v) is 3.68. The van der Waals surface area contributed by atoms with Crippen LogP contribution in [0.5, 0.6) is 0 Å². The molecule has 1 aromatic carbocycles. The average molecular weight is 363 g/mol. The molecule has 3 rings (SSSR count). The van der Waals surface area contributed by atoms with Crippen LogP contribution in [0.4, 0.5) is 4.39 Å². The lowest BCUT2D eigenvalue weighted by atomic mass is 9.93. The zero-order valence-corrected chi connectivity index (χ0v) is 15.1. The maximum atomic E-state index is 14.1. The average Bonchev–Trinajstić information content (AvgIpc) is 3.44. The van der Waals surface area contributed by atoms with Crippen LogP contribution in [0.2, 0.25) is 0 Å². The number of esters is 1. The van der Waals surface area contributed by atoms with Crippen molar-refractivity contribution in [2.24, 2.45) is 5.92 Å². The first-order valence-corrected chi connectivity index (χ1v) is 9.34. The first-order valence-electron chi connectivity index (χ1n) is 9.34. The van der Waals surface area contributed by atoms with Gasteiger partial charge in [-0.05, 0) is 48.8 Å². The number of carbonyl (C=O) groups is 2. The van der Waals surface area contributed by atoms with E-state index < -0.39 is 18.0 Å². The topological polar surface area (TPSA) is 66.8 Å². The van der Waals surface area contributed by atoms with Gasteiger partial charge in [0.25, 0.3) is 0 Å². The van der Waals surface area contributed by atoms with Gasteiger partial charge in [0.2, 0.25) is 5.91 Å². The third-order valence-electron chi connectivity index (χ3n) is 5.36. The Kier molecular flexibility index (Phi) is 5.91. The van der Waals surface area contributed by atoms with Crippen molar-refractivity contribution >= 4 is 11.9 Å². The Morgan fingerprint density at radius 1 is 1.38 bits per heavy atom. The van der Waals surface area contributed by atoms with Crippen LogP contribution in [-0.4, -0.2) is 35.2 Å². The Morgan fingerprint density at radius 2 is 2.15 bits per heavy atom. The molecule has 2 fully saturated rings. The summed E-state index contributed by atoms with van der Waals surface area (Å²) in [7, 11) is 1.27. The van der Waals surface area contributed by atoms with Crippen LogP contribution in [-0.2, 0) is 20.7 Å². The second-order valence-corrected chi connectivity index (χ2v) is 7.31. The highest BCUT2D eigenvalue weighted by Crippen LogP contribution is 2.39. The minimum atomic E-state index is -0.811. The summed E-state index contributed by atoms with van der Waals surface area (Å²) >= 11 is 0. The number of benzene rings is 1. The first-order chi connectivity index (χ1) is 12.5. The molecule has 2 unspecified atom stereocenters. The number of carbonyl (C=O) groups excluding carboxylic acids is 2. The molecule has 1 N–H and O–H groups in total. The molecule has 0 spiro atoms. The van der Waals surface area contributed by atoms with E-state index in [1.807, 2.05) is 0 Å². The normalized spacial score (nSPS) is 21.6. The van der Waals surface area contributed by atoms with E-state index in [9.17, 15) is 19.1 Å². The first kappa shape index (κ1) is 18.8. The molecule has 0 aromatic heterocycles. The monoisotopic (exact) mass is 363 g/mol. The predicted octanol–water partition coefficient (Wildman–Crippen LogP) is 3.10. The van der Waals surface area contributed by atoms with E-state index in [1.54, 1.807) is 17.0 Å². The van der Waals surface area contributed by atoms with E-state index in [0.717, 1.165) is 18.4 Å². The van der Waals surface area contributed by atoms with Gasteiger partial charge in [0, 0.05) is 6.42 Å². The number of methoxy groups -OCH3 is 1. The molecule has 26 heavy (non-hydrogen) atoms. The molecule has 2 aliphatic rings. The van der Waals surface area contributed by atoms with Crippen molar-refractivity contribution in [3.8, 4) is 0 Å². The van der Waals surface area contributed by atoms with E-state index in [0.29, 0.717) is 25.2 Å². The summed E-state index contributed by atoms with van der Waals surface area (Å²) in [6.45, 7) is 0. The van der Waals surface area contributed by atoms with Gasteiger partial charge in [0.1, 0.15) is 12.0 Å². The zero-order chi connectivity index (χ0) is 18.7. The van der Waals surface area contributed by atoms with Gasteiger partial charge in [-0.1, -0.05) is 25.0 Å². The summed E-state index contributed by atoms with van der Waals surface area (Å²) in [4.78, 5) is 25.6. The van der Waals surface area contributed by atoms with E-state index in [2.05, 4.69) is 4.74 Å². The number of hydrogen-bond donors (Lipinski definition) is 1. The Morgan fingerprint density at radius 3 is 2.81 bits per heavy atom. The fraction of sp³-hybridized carbons (Fsp3) is 0.600. The van der Waals surface area contributed by atoms with Gasteiger partial charge in [-0.25, -0.2) is 4.39 Å². The van der Waals surface area contributed by atoms with Crippen LogP contribution < -0.4 is 0 Å². The van der Waals surface area contributed by atoms with Crippen LogP contribution in [0, 0.1) is 11.7 Å². The number of piperidine rings is 1. The molecule has 1 heterocycles. The largest absolute Gasteiger partial charge is 0.469 e. The molecule has 0 radical (unpaired) electrons. The predicted molar refractivity (Wildman–Crippen MR) is 93.5 cm³/mol. The summed E-state index contributed by atoms with van der Waals surface area (Å²) < 4.78 is 18.7. The molecular formula is C20H26FNO4. The maximum Gasteiger partial charge on any atom is 0.310 e. The molecule has 1 amide bonds. The Hall–Kier alpha value is -1.95. The number of nitrogens with zero attached hydrogens (tertiary/aromatic N) is 1. The Bertz CT molecular complexity index is 674. The summed E-state index contributed by atoms with van der Waals surface area (Å²) in [6.07, 6.45) is 4.83. The van der Waals surface area contributed by atoms with Gasteiger partial charge in [-0.3, -0.25) is 9.59 Å². The van der Waals surface area contributed by atoms with E-state index in [4.69, 9.17) is 0 Å². The van der Waals surface area contributed by atoms with Crippen LogP contribution in [0.25, 0.3) is 0 Å². The zero-order valence-electron chi connectivity index (χ0n) is 15.1. The lowest BCUT2D eigenvalue weighted by Crippen LogP contribution is -2.45. The highest BCUT2D eigenvalue weighted by Gasteiger charge is 2.35. The maximum absolute atomic E-state index is 14.1. The molecular weight excluding hydrogens is 337 g/mol. The van der Waals surface area contributed by atoms with Crippen molar-refractivity contribution in [3.63, 3.8) is 0 Å². The lowest BCUT2D eigenvalue weighted by molar-refractivity contribution is -0.152. The molecule has 1 aliphatic heterocycles. The van der Waals surface area contributed by atoms with Crippen LogP contribution in [0.15, 0.2) is 18.2 Å². The Labute approximate surface area is 153 Å². The number of rotatable bonds is 7. The van der Waals surface area contributed by atoms with E-state index in [1.165, 1.54) is 26.0 Å². The van der Waals surface area contributed by atoms with Gasteiger partial charge in [0.15, 0.2) is 0 Å². The van der Waals surface area contributed by atoms with Crippen LogP contribution in [0.1, 0.15) is 62.1 Å². The molecule has 1 saturated heterocycles. The third-order valence-corrected chi connectivity index (χ3v) is 5.36. The molecule has 142 valence electrons. The molecule has 0 bridgehead atoms. The van der Waals surface area contributed by atoms with Crippen molar-refractivity contribution in [2.75, 3.05) is 7.11 Å². The van der Waals surface area contributed by atoms with Gasteiger partial charge in [-0.2, -0.15) is 0 Å². The highest BCUT2D eigenvalue weighted by molar-refractivity contribution is 5.77. The second-order valence-electron chi connectivity index (χ2n) is 7.31. The van der Waals surface area contributed by atoms with E-state index in [-0.39, 0.29) is 23.9 Å². The number of aliphatic hydroxyl groups excluding tert-OH is 1. The lowest BCUT2D eigenvalue weighted by Gasteiger charge is -2.39. The highest BCUT2D eigenvalue weighted by atomic mass is 19.1. The van der Waals surface area contributed by atoms with Crippen LogP contribution >= 0.6 is 0 Å². The molecule has 1 saturated carbocycles. The van der Waals surface area contributed by atoms with Crippen molar-refractivity contribution in [1.29, 1.82) is 0 Å². The smallest absolute Gasteiger partial charge is 0.310 e. The third kappa shape index (κ3) is 4.41.